The zero-order valence-electron chi connectivity index (χ0n) is 7.73. The Labute approximate surface area is 91.6 Å². The van der Waals surface area contributed by atoms with Crippen LogP contribution in [-0.4, -0.2) is 14.5 Å². The maximum Gasteiger partial charge on any atom is 0.427 e. The molecule has 0 saturated carbocycles. The number of para-hydroxylation sites is 1. The van der Waals surface area contributed by atoms with Crippen molar-refractivity contribution in [1.29, 1.82) is 0 Å². The zero-order valence-corrected chi connectivity index (χ0v) is 9.30. The van der Waals surface area contributed by atoms with Gasteiger partial charge in [-0.15, -0.1) is 0 Å². The third-order valence-electron chi connectivity index (χ3n) is 1.50. The third-order valence-corrected chi connectivity index (χ3v) is 2.14. The van der Waals surface area contributed by atoms with Gasteiger partial charge >= 0.3 is 15.3 Å². The summed E-state index contributed by atoms with van der Waals surface area (Å²) in [5.74, 6) is 0.273. The minimum Gasteiger partial charge on any atom is -0.409 e. The van der Waals surface area contributed by atoms with Crippen LogP contribution in [-0.2, 0) is 9.24 Å². The molecular formula is C8H8ClNO4S. The highest BCUT2D eigenvalue weighted by molar-refractivity contribution is 8.12. The van der Waals surface area contributed by atoms with Gasteiger partial charge in [-0.3, -0.25) is 0 Å². The molecule has 0 bridgehead atoms. The molecule has 0 unspecified atom stereocenters. The van der Waals surface area contributed by atoms with Crippen LogP contribution in [0.1, 0.15) is 5.56 Å². The van der Waals surface area contributed by atoms with E-state index in [9.17, 15) is 13.2 Å². The van der Waals surface area contributed by atoms with Gasteiger partial charge < -0.3 is 4.74 Å². The van der Waals surface area contributed by atoms with Gasteiger partial charge in [0.25, 0.3) is 0 Å². The van der Waals surface area contributed by atoms with E-state index in [2.05, 4.69) is 0 Å². The number of carbonyl (C=O) groups is 1. The number of rotatable bonds is 2. The van der Waals surface area contributed by atoms with Crippen molar-refractivity contribution in [3.8, 4) is 5.75 Å². The fraction of sp³-hybridized carbons (Fsp3) is 0.125. The van der Waals surface area contributed by atoms with Crippen molar-refractivity contribution in [2.45, 2.75) is 6.92 Å². The summed E-state index contributed by atoms with van der Waals surface area (Å²) in [5, 5.41) is 0. The number of benzene rings is 1. The van der Waals surface area contributed by atoms with Gasteiger partial charge in [0.1, 0.15) is 5.75 Å². The van der Waals surface area contributed by atoms with Gasteiger partial charge in [0.15, 0.2) is 0 Å². The van der Waals surface area contributed by atoms with E-state index in [1.807, 2.05) is 0 Å². The molecular weight excluding hydrogens is 242 g/mol. The summed E-state index contributed by atoms with van der Waals surface area (Å²) in [6, 6.07) is 6.68. The number of amides is 1. The Balaban J connectivity index is 2.72. The van der Waals surface area contributed by atoms with Crippen LogP contribution >= 0.6 is 10.7 Å². The lowest BCUT2D eigenvalue weighted by Gasteiger charge is -2.05. The van der Waals surface area contributed by atoms with Gasteiger partial charge in [-0.05, 0) is 18.6 Å². The molecule has 0 atom stereocenters. The van der Waals surface area contributed by atoms with E-state index >= 15 is 0 Å². The minimum absolute atomic E-state index is 0.273. The Morgan fingerprint density at radius 1 is 1.40 bits per heavy atom. The highest BCUT2D eigenvalue weighted by Crippen LogP contribution is 2.16. The van der Waals surface area contributed by atoms with Crippen LogP contribution in [0.4, 0.5) is 4.79 Å². The number of nitrogens with one attached hydrogen (secondary N) is 1. The average molecular weight is 250 g/mol. The smallest absolute Gasteiger partial charge is 0.409 e. The molecule has 0 aliphatic carbocycles. The maximum absolute atomic E-state index is 11.0. The molecule has 0 spiro atoms. The van der Waals surface area contributed by atoms with Gasteiger partial charge in [0, 0.05) is 10.7 Å². The lowest BCUT2D eigenvalue weighted by Crippen LogP contribution is -2.29. The van der Waals surface area contributed by atoms with Crippen LogP contribution in [0.5, 0.6) is 5.75 Å². The van der Waals surface area contributed by atoms with E-state index in [1.165, 1.54) is 10.8 Å². The number of hydrogen-bond donors (Lipinski definition) is 1. The van der Waals surface area contributed by atoms with Crippen LogP contribution in [0.25, 0.3) is 0 Å². The first-order valence-corrected chi connectivity index (χ1v) is 6.19. The summed E-state index contributed by atoms with van der Waals surface area (Å²) in [6.45, 7) is 1.72. The Morgan fingerprint density at radius 3 is 2.53 bits per heavy atom. The molecule has 82 valence electrons. The van der Waals surface area contributed by atoms with Gasteiger partial charge in [-0.2, -0.15) is 8.42 Å². The second-order valence-corrected chi connectivity index (χ2v) is 4.99. The molecule has 0 radical (unpaired) electrons. The fourth-order valence-electron chi connectivity index (χ4n) is 0.891. The maximum atomic E-state index is 11.0. The van der Waals surface area contributed by atoms with Gasteiger partial charge in [0.05, 0.1) is 0 Å². The SMILES string of the molecule is Cc1ccccc1OC(=O)NS(=O)(=O)Cl. The van der Waals surface area contributed by atoms with Crippen molar-refractivity contribution in [2.75, 3.05) is 0 Å². The third kappa shape index (κ3) is 4.18. The molecule has 0 aliphatic rings. The molecule has 0 aromatic heterocycles. The number of hydrogen-bond acceptors (Lipinski definition) is 4. The Morgan fingerprint density at radius 2 is 2.00 bits per heavy atom. The van der Waals surface area contributed by atoms with Crippen molar-refractivity contribution < 1.29 is 17.9 Å². The van der Waals surface area contributed by atoms with Gasteiger partial charge in [-0.1, -0.05) is 18.2 Å². The first-order valence-electron chi connectivity index (χ1n) is 3.88. The van der Waals surface area contributed by atoms with Crippen LogP contribution < -0.4 is 9.46 Å². The van der Waals surface area contributed by atoms with E-state index < -0.39 is 15.3 Å². The quantitative estimate of drug-likeness (QED) is 0.808. The van der Waals surface area contributed by atoms with Crippen molar-refractivity contribution in [2.24, 2.45) is 0 Å². The molecule has 0 fully saturated rings. The fourth-order valence-corrected chi connectivity index (χ4v) is 1.32. The summed E-state index contributed by atoms with van der Waals surface area (Å²) < 4.78 is 27.1. The highest BCUT2D eigenvalue weighted by atomic mass is 35.7. The largest absolute Gasteiger partial charge is 0.427 e. The lowest BCUT2D eigenvalue weighted by molar-refractivity contribution is 0.206. The van der Waals surface area contributed by atoms with E-state index in [0.29, 0.717) is 5.56 Å². The summed E-state index contributed by atoms with van der Waals surface area (Å²) in [5.41, 5.74) is 0.708. The number of ether oxygens (including phenoxy) is 1. The van der Waals surface area contributed by atoms with Crippen molar-refractivity contribution in [1.82, 2.24) is 4.72 Å². The monoisotopic (exact) mass is 249 g/mol. The standard InChI is InChI=1S/C8H8ClNO4S/c1-6-4-2-3-5-7(6)14-8(11)10-15(9,12)13/h2-5H,1H3,(H,10,11). The molecule has 0 heterocycles. The molecule has 0 aliphatic heterocycles. The minimum atomic E-state index is -4.11. The van der Waals surface area contributed by atoms with E-state index in [-0.39, 0.29) is 5.75 Å². The number of carbonyl (C=O) groups excluding carboxylic acids is 1. The molecule has 1 N–H and O–H groups in total. The molecule has 1 aromatic carbocycles. The molecule has 15 heavy (non-hydrogen) atoms. The van der Waals surface area contributed by atoms with Crippen molar-refractivity contribution >= 4 is 26.0 Å². The summed E-state index contributed by atoms with van der Waals surface area (Å²) in [4.78, 5) is 11.0. The second kappa shape index (κ2) is 4.50. The predicted octanol–water partition coefficient (Wildman–Crippen LogP) is 1.57. The van der Waals surface area contributed by atoms with Crippen molar-refractivity contribution in [3.05, 3.63) is 29.8 Å². The molecule has 0 saturated heterocycles. The molecule has 1 amide bonds. The van der Waals surface area contributed by atoms with E-state index in [1.54, 1.807) is 25.1 Å². The molecule has 1 aromatic rings. The summed E-state index contributed by atoms with van der Waals surface area (Å²) in [6.07, 6.45) is -1.14. The zero-order chi connectivity index (χ0) is 11.5. The Kier molecular flexibility index (Phi) is 3.54. The molecule has 5 nitrogen and oxygen atoms in total. The van der Waals surface area contributed by atoms with Crippen LogP contribution in [0.2, 0.25) is 0 Å². The first-order chi connectivity index (χ1) is 6.88. The summed E-state index contributed by atoms with van der Waals surface area (Å²) in [7, 11) is 0.686. The second-order valence-electron chi connectivity index (χ2n) is 2.69. The van der Waals surface area contributed by atoms with E-state index in [4.69, 9.17) is 15.4 Å². The number of halogens is 1. The predicted molar refractivity (Wildman–Crippen MR) is 55.1 cm³/mol. The van der Waals surface area contributed by atoms with Crippen LogP contribution in [0, 0.1) is 6.92 Å². The van der Waals surface area contributed by atoms with Gasteiger partial charge in [-0.25, -0.2) is 9.52 Å². The lowest BCUT2D eigenvalue weighted by atomic mass is 10.2. The summed E-state index contributed by atoms with van der Waals surface area (Å²) >= 11 is 0. The van der Waals surface area contributed by atoms with Crippen molar-refractivity contribution in [3.63, 3.8) is 0 Å². The van der Waals surface area contributed by atoms with E-state index in [0.717, 1.165) is 0 Å². The van der Waals surface area contributed by atoms with Crippen LogP contribution in [0.15, 0.2) is 24.3 Å². The highest BCUT2D eigenvalue weighted by Gasteiger charge is 2.13. The van der Waals surface area contributed by atoms with Gasteiger partial charge in [0.2, 0.25) is 0 Å². The topological polar surface area (TPSA) is 72.5 Å². The molecule has 1 rings (SSSR count). The Bertz CT molecular complexity index is 471. The average Bonchev–Trinajstić information content (AvgIpc) is 2.05. The molecule has 7 heteroatoms. The Hall–Kier alpha value is -1.27. The first kappa shape index (κ1) is 11.8. The number of aryl methyl sites for hydroxylation is 1. The van der Waals surface area contributed by atoms with Crippen LogP contribution in [0.3, 0.4) is 0 Å². The normalized spacial score (nSPS) is 10.8.